The van der Waals surface area contributed by atoms with Crippen LogP contribution in [0.3, 0.4) is 0 Å². The van der Waals surface area contributed by atoms with Gasteiger partial charge in [-0.05, 0) is 73.2 Å². The van der Waals surface area contributed by atoms with E-state index in [1.165, 1.54) is 24.3 Å². The van der Waals surface area contributed by atoms with E-state index in [1.54, 1.807) is 24.3 Å². The SMILES string of the molecule is CC(C)COC(=O)c1ccc(O)cc1.CC(C)COC(=O)c1ccc(OC(C)OCC(C)C)cc1. The smallest absolute Gasteiger partial charge is 0.338 e. The molecule has 0 heterocycles. The number of hydrogen-bond acceptors (Lipinski definition) is 7. The van der Waals surface area contributed by atoms with Crippen molar-refractivity contribution < 1.29 is 33.6 Å². The molecule has 0 radical (unpaired) electrons. The summed E-state index contributed by atoms with van der Waals surface area (Å²) in [5.74, 6) is 1.29. The molecular weight excluding hydrogens is 448 g/mol. The van der Waals surface area contributed by atoms with Gasteiger partial charge in [0.25, 0.3) is 0 Å². The molecule has 0 aliphatic carbocycles. The maximum atomic E-state index is 11.8. The molecule has 1 atom stereocenters. The van der Waals surface area contributed by atoms with E-state index in [9.17, 15) is 9.59 Å². The minimum atomic E-state index is -0.348. The van der Waals surface area contributed by atoms with Gasteiger partial charge in [-0.25, -0.2) is 9.59 Å². The van der Waals surface area contributed by atoms with Gasteiger partial charge in [0.05, 0.1) is 30.9 Å². The van der Waals surface area contributed by atoms with E-state index in [0.29, 0.717) is 54.5 Å². The molecule has 7 heteroatoms. The minimum absolute atomic E-state index is 0.144. The number of rotatable bonds is 11. The van der Waals surface area contributed by atoms with Crippen molar-refractivity contribution in [3.63, 3.8) is 0 Å². The predicted octanol–water partition coefficient (Wildman–Crippen LogP) is 6.10. The third-order valence-corrected chi connectivity index (χ3v) is 4.25. The standard InChI is InChI=1S/C17H26O4.C11H14O3/c1-12(2)10-19-14(5)21-16-8-6-15(7-9-16)17(18)20-11-13(3)4;1-8(2)7-14-11(13)9-3-5-10(12)6-4-9/h6-9,12-14H,10-11H2,1-5H3;3-6,8,12H,7H2,1-2H3. The van der Waals surface area contributed by atoms with Crippen LogP contribution in [0, 0.1) is 17.8 Å². The number of phenols is 1. The largest absolute Gasteiger partial charge is 0.508 e. The van der Waals surface area contributed by atoms with Crippen LogP contribution in [-0.2, 0) is 14.2 Å². The van der Waals surface area contributed by atoms with Crippen LogP contribution in [0.2, 0.25) is 0 Å². The molecule has 0 saturated heterocycles. The molecule has 2 aromatic rings. The highest BCUT2D eigenvalue weighted by Crippen LogP contribution is 2.16. The minimum Gasteiger partial charge on any atom is -0.508 e. The van der Waals surface area contributed by atoms with Crippen LogP contribution in [0.15, 0.2) is 48.5 Å². The summed E-state index contributed by atoms with van der Waals surface area (Å²) in [4.78, 5) is 23.1. The van der Waals surface area contributed by atoms with Crippen LogP contribution in [0.4, 0.5) is 0 Å². The van der Waals surface area contributed by atoms with E-state index in [-0.39, 0.29) is 24.0 Å². The number of ether oxygens (including phenoxy) is 4. The third kappa shape index (κ3) is 13.4. The number of hydrogen-bond donors (Lipinski definition) is 1. The average molecular weight is 489 g/mol. The Morgan fingerprint density at radius 2 is 1.06 bits per heavy atom. The monoisotopic (exact) mass is 488 g/mol. The van der Waals surface area contributed by atoms with E-state index in [4.69, 9.17) is 24.1 Å². The number of carbonyl (C=O) groups excluding carboxylic acids is 2. The summed E-state index contributed by atoms with van der Waals surface area (Å²) in [6.45, 7) is 15.5. The number of aromatic hydroxyl groups is 1. The van der Waals surface area contributed by atoms with Gasteiger partial charge >= 0.3 is 11.9 Å². The van der Waals surface area contributed by atoms with E-state index in [2.05, 4.69) is 13.8 Å². The zero-order chi connectivity index (χ0) is 26.4. The summed E-state index contributed by atoms with van der Waals surface area (Å²) in [7, 11) is 0. The molecule has 0 aliphatic heterocycles. The lowest BCUT2D eigenvalue weighted by molar-refractivity contribution is -0.0755. The van der Waals surface area contributed by atoms with Crippen LogP contribution in [0.1, 0.15) is 69.2 Å². The lowest BCUT2D eigenvalue weighted by atomic mass is 10.2. The van der Waals surface area contributed by atoms with Crippen molar-refractivity contribution in [1.29, 1.82) is 0 Å². The third-order valence-electron chi connectivity index (χ3n) is 4.25. The lowest BCUT2D eigenvalue weighted by Crippen LogP contribution is -2.19. The van der Waals surface area contributed by atoms with Gasteiger partial charge in [-0.1, -0.05) is 41.5 Å². The first-order valence-corrected chi connectivity index (χ1v) is 12.0. The van der Waals surface area contributed by atoms with Crippen molar-refractivity contribution in [2.45, 2.75) is 54.8 Å². The summed E-state index contributed by atoms with van der Waals surface area (Å²) >= 11 is 0. The molecule has 0 aliphatic rings. The Bertz CT molecular complexity index is 871. The fourth-order valence-corrected chi connectivity index (χ4v) is 2.47. The number of esters is 2. The molecule has 0 saturated carbocycles. The zero-order valence-electron chi connectivity index (χ0n) is 21.9. The molecule has 0 spiro atoms. The Morgan fingerprint density at radius 1 is 0.657 bits per heavy atom. The Kier molecular flexibility index (Phi) is 13.5. The first-order valence-electron chi connectivity index (χ1n) is 12.0. The summed E-state index contributed by atoms with van der Waals surface area (Å²) < 4.78 is 21.3. The van der Waals surface area contributed by atoms with Gasteiger partial charge < -0.3 is 24.1 Å². The second-order valence-corrected chi connectivity index (χ2v) is 9.47. The van der Waals surface area contributed by atoms with Crippen molar-refractivity contribution >= 4 is 11.9 Å². The first kappa shape index (κ1) is 30.0. The Balaban J connectivity index is 0.000000379. The van der Waals surface area contributed by atoms with Gasteiger partial charge in [-0.15, -0.1) is 0 Å². The molecule has 2 rings (SSSR count). The van der Waals surface area contributed by atoms with Gasteiger partial charge in [0, 0.05) is 0 Å². The van der Waals surface area contributed by atoms with Gasteiger partial charge in [0.15, 0.2) is 6.29 Å². The number of carbonyl (C=O) groups is 2. The molecule has 1 N–H and O–H groups in total. The van der Waals surface area contributed by atoms with Crippen LogP contribution in [0.25, 0.3) is 0 Å². The molecule has 35 heavy (non-hydrogen) atoms. The lowest BCUT2D eigenvalue weighted by Gasteiger charge is -2.16. The molecule has 0 amide bonds. The highest BCUT2D eigenvalue weighted by molar-refractivity contribution is 5.90. The van der Waals surface area contributed by atoms with Gasteiger partial charge in [0.2, 0.25) is 0 Å². The van der Waals surface area contributed by atoms with Crippen molar-refractivity contribution in [2.75, 3.05) is 19.8 Å². The van der Waals surface area contributed by atoms with Gasteiger partial charge in [-0.2, -0.15) is 0 Å². The molecule has 1 unspecified atom stereocenters. The molecule has 2 aromatic carbocycles. The molecule has 0 bridgehead atoms. The fraction of sp³-hybridized carbons (Fsp3) is 0.500. The molecule has 7 nitrogen and oxygen atoms in total. The topological polar surface area (TPSA) is 91.3 Å². The summed E-state index contributed by atoms with van der Waals surface area (Å²) in [5, 5.41) is 9.00. The molecule has 0 aromatic heterocycles. The van der Waals surface area contributed by atoms with Gasteiger partial charge in [-0.3, -0.25) is 0 Å². The van der Waals surface area contributed by atoms with Crippen LogP contribution >= 0.6 is 0 Å². The normalized spacial score (nSPS) is 11.6. The first-order chi connectivity index (χ1) is 16.5. The maximum absolute atomic E-state index is 11.8. The highest BCUT2D eigenvalue weighted by Gasteiger charge is 2.10. The Labute approximate surface area is 209 Å². The predicted molar refractivity (Wildman–Crippen MR) is 136 cm³/mol. The molecular formula is C28H40O7. The van der Waals surface area contributed by atoms with Gasteiger partial charge in [0.1, 0.15) is 11.5 Å². The Morgan fingerprint density at radius 3 is 1.46 bits per heavy atom. The quantitative estimate of drug-likeness (QED) is 0.302. The summed E-state index contributed by atoms with van der Waals surface area (Å²) in [5.41, 5.74) is 0.988. The average Bonchev–Trinajstić information content (AvgIpc) is 2.81. The van der Waals surface area contributed by atoms with E-state index in [1.807, 2.05) is 34.6 Å². The molecule has 0 fully saturated rings. The summed E-state index contributed by atoms with van der Waals surface area (Å²) in [6.07, 6.45) is -0.314. The number of phenolic OH excluding ortho intramolecular Hbond substituents is 1. The van der Waals surface area contributed by atoms with Crippen molar-refractivity contribution in [1.82, 2.24) is 0 Å². The van der Waals surface area contributed by atoms with E-state index >= 15 is 0 Å². The van der Waals surface area contributed by atoms with E-state index < -0.39 is 0 Å². The molecule has 194 valence electrons. The second kappa shape index (κ2) is 15.8. The highest BCUT2D eigenvalue weighted by atomic mass is 16.7. The Hall–Kier alpha value is -3.06. The second-order valence-electron chi connectivity index (χ2n) is 9.47. The number of benzene rings is 2. The fourth-order valence-electron chi connectivity index (χ4n) is 2.47. The van der Waals surface area contributed by atoms with Crippen molar-refractivity contribution in [3.05, 3.63) is 59.7 Å². The van der Waals surface area contributed by atoms with E-state index in [0.717, 1.165) is 0 Å². The van der Waals surface area contributed by atoms with Crippen LogP contribution in [-0.4, -0.2) is 43.2 Å². The van der Waals surface area contributed by atoms with Crippen LogP contribution < -0.4 is 4.74 Å². The van der Waals surface area contributed by atoms with Crippen molar-refractivity contribution in [3.8, 4) is 11.5 Å². The van der Waals surface area contributed by atoms with Crippen LogP contribution in [0.5, 0.6) is 11.5 Å². The summed E-state index contributed by atoms with van der Waals surface area (Å²) in [6, 6.07) is 12.9. The van der Waals surface area contributed by atoms with Crippen molar-refractivity contribution in [2.24, 2.45) is 17.8 Å². The zero-order valence-corrected chi connectivity index (χ0v) is 21.9. The maximum Gasteiger partial charge on any atom is 0.338 e.